The highest BCUT2D eigenvalue weighted by Crippen LogP contribution is 2.31. The van der Waals surface area contributed by atoms with Gasteiger partial charge < -0.3 is 19.1 Å². The predicted molar refractivity (Wildman–Crippen MR) is 123 cm³/mol. The van der Waals surface area contributed by atoms with Gasteiger partial charge in [0.05, 0.1) is 12.1 Å². The maximum Gasteiger partial charge on any atom is 0.327 e. The van der Waals surface area contributed by atoms with Gasteiger partial charge in [0.25, 0.3) is 11.8 Å². The first-order valence-electron chi connectivity index (χ1n) is 11.5. The second kappa shape index (κ2) is 9.25. The van der Waals surface area contributed by atoms with E-state index in [0.717, 1.165) is 24.4 Å². The number of hydrogen-bond donors (Lipinski definition) is 0. The lowest BCUT2D eigenvalue weighted by molar-refractivity contribution is -0.128. The largest absolute Gasteiger partial charge is 0.385 e. The maximum atomic E-state index is 13.7. The molecule has 1 aromatic rings. The Bertz CT molecular complexity index is 889. The molecule has 178 valence electrons. The van der Waals surface area contributed by atoms with Crippen LogP contribution in [0.4, 0.5) is 4.79 Å². The minimum atomic E-state index is -0.614. The first-order chi connectivity index (χ1) is 15.0. The Morgan fingerprint density at radius 3 is 2.53 bits per heavy atom. The highest BCUT2D eigenvalue weighted by molar-refractivity contribution is 6.05. The quantitative estimate of drug-likeness (QED) is 0.477. The third kappa shape index (κ3) is 4.70. The number of carbonyl (C=O) groups excluding carboxylic acids is 3. The molecule has 32 heavy (non-hydrogen) atoms. The van der Waals surface area contributed by atoms with Crippen LogP contribution in [0.5, 0.6) is 0 Å². The van der Waals surface area contributed by atoms with Crippen molar-refractivity contribution in [2.75, 3.05) is 39.9 Å². The maximum absolute atomic E-state index is 13.7. The summed E-state index contributed by atoms with van der Waals surface area (Å²) in [7, 11) is 1.69. The second-order valence-corrected chi connectivity index (χ2v) is 10.4. The van der Waals surface area contributed by atoms with Crippen molar-refractivity contribution in [3.8, 4) is 0 Å². The van der Waals surface area contributed by atoms with Crippen molar-refractivity contribution in [2.24, 2.45) is 11.3 Å². The van der Waals surface area contributed by atoms with Gasteiger partial charge in [-0.2, -0.15) is 0 Å². The van der Waals surface area contributed by atoms with Gasteiger partial charge in [0.1, 0.15) is 6.04 Å². The Kier molecular flexibility index (Phi) is 7.03. The number of aryl methyl sites for hydroxylation is 1. The summed E-state index contributed by atoms with van der Waals surface area (Å²) >= 11 is 0. The minimum Gasteiger partial charge on any atom is -0.385 e. The van der Waals surface area contributed by atoms with E-state index in [4.69, 9.17) is 4.74 Å². The minimum absolute atomic E-state index is 0.0754. The van der Waals surface area contributed by atoms with Gasteiger partial charge >= 0.3 is 6.03 Å². The average Bonchev–Trinajstić information content (AvgIpc) is 3.02. The van der Waals surface area contributed by atoms with Crippen molar-refractivity contribution >= 4 is 17.8 Å². The van der Waals surface area contributed by atoms with Crippen LogP contribution < -0.4 is 0 Å². The van der Waals surface area contributed by atoms with Crippen molar-refractivity contribution in [1.29, 1.82) is 0 Å². The van der Waals surface area contributed by atoms with Crippen LogP contribution in [-0.2, 0) is 16.1 Å². The van der Waals surface area contributed by atoms with Gasteiger partial charge in [-0.3, -0.25) is 14.5 Å². The third-order valence-corrected chi connectivity index (χ3v) is 6.38. The van der Waals surface area contributed by atoms with Crippen LogP contribution in [0.25, 0.3) is 0 Å². The fourth-order valence-corrected chi connectivity index (χ4v) is 4.94. The first kappa shape index (κ1) is 24.3. The molecule has 0 aromatic carbocycles. The van der Waals surface area contributed by atoms with Crippen LogP contribution in [0.2, 0.25) is 0 Å². The number of methoxy groups -OCH3 is 1. The molecule has 2 fully saturated rings. The predicted octanol–water partition coefficient (Wildman–Crippen LogP) is 2.91. The van der Waals surface area contributed by atoms with Crippen molar-refractivity contribution in [2.45, 2.75) is 60.5 Å². The fourth-order valence-electron chi connectivity index (χ4n) is 4.94. The van der Waals surface area contributed by atoms with Crippen LogP contribution >= 0.6 is 0 Å². The number of hydrogen-bond acceptors (Lipinski definition) is 4. The van der Waals surface area contributed by atoms with E-state index >= 15 is 0 Å². The molecule has 1 unspecified atom stereocenters. The molecule has 0 radical (unpaired) electrons. The van der Waals surface area contributed by atoms with Gasteiger partial charge in [-0.15, -0.1) is 0 Å². The van der Waals surface area contributed by atoms with Crippen molar-refractivity contribution in [3.05, 3.63) is 23.0 Å². The van der Waals surface area contributed by atoms with E-state index in [9.17, 15) is 14.4 Å². The molecule has 3 heterocycles. The highest BCUT2D eigenvalue weighted by atomic mass is 16.5. The number of urea groups is 1. The molecule has 0 bridgehead atoms. The molecule has 4 amide bonds. The van der Waals surface area contributed by atoms with Crippen molar-refractivity contribution < 1.29 is 19.1 Å². The van der Waals surface area contributed by atoms with Crippen molar-refractivity contribution in [3.63, 3.8) is 0 Å². The topological polar surface area (TPSA) is 75.1 Å². The SMILES string of the molecule is COCCCn1c(C)cc(C(=O)N2CC3C(=O)N(CC(C)C)C(=O)N3CC(C)(C)C2)c1C. The molecular weight excluding hydrogens is 408 g/mol. The van der Waals surface area contributed by atoms with Crippen LogP contribution in [0, 0.1) is 25.2 Å². The lowest BCUT2D eigenvalue weighted by atomic mass is 9.92. The van der Waals surface area contributed by atoms with E-state index in [1.807, 2.05) is 47.6 Å². The Labute approximate surface area is 191 Å². The highest BCUT2D eigenvalue weighted by Gasteiger charge is 2.50. The smallest absolute Gasteiger partial charge is 0.327 e. The number of rotatable bonds is 7. The van der Waals surface area contributed by atoms with E-state index < -0.39 is 6.04 Å². The van der Waals surface area contributed by atoms with Gasteiger partial charge in [0.2, 0.25) is 0 Å². The average molecular weight is 447 g/mol. The Hall–Kier alpha value is -2.35. The van der Waals surface area contributed by atoms with Crippen LogP contribution in [0.3, 0.4) is 0 Å². The summed E-state index contributed by atoms with van der Waals surface area (Å²) in [6.45, 7) is 15.1. The summed E-state index contributed by atoms with van der Waals surface area (Å²) in [5.74, 6) is -0.0708. The number of carbonyl (C=O) groups is 3. The number of fused-ring (bicyclic) bond motifs is 1. The molecule has 2 aliphatic rings. The fraction of sp³-hybridized carbons (Fsp3) is 0.708. The zero-order valence-corrected chi connectivity index (χ0v) is 20.6. The molecule has 3 rings (SSSR count). The summed E-state index contributed by atoms with van der Waals surface area (Å²) in [6, 6.07) is 1.09. The van der Waals surface area contributed by atoms with E-state index in [1.165, 1.54) is 4.90 Å². The molecule has 0 N–H and O–H groups in total. The lowest BCUT2D eigenvalue weighted by Gasteiger charge is -2.31. The Morgan fingerprint density at radius 1 is 1.22 bits per heavy atom. The molecule has 2 aliphatic heterocycles. The number of aromatic nitrogens is 1. The van der Waals surface area contributed by atoms with Crippen LogP contribution in [-0.4, -0.2) is 83.0 Å². The zero-order chi connectivity index (χ0) is 23.8. The third-order valence-electron chi connectivity index (χ3n) is 6.38. The lowest BCUT2D eigenvalue weighted by Crippen LogP contribution is -2.44. The summed E-state index contributed by atoms with van der Waals surface area (Å²) in [6.07, 6.45) is 0.872. The summed E-state index contributed by atoms with van der Waals surface area (Å²) in [5.41, 5.74) is 2.31. The molecule has 0 spiro atoms. The van der Waals surface area contributed by atoms with E-state index in [-0.39, 0.29) is 35.7 Å². The Morgan fingerprint density at radius 2 is 1.91 bits per heavy atom. The number of nitrogens with zero attached hydrogens (tertiary/aromatic N) is 4. The monoisotopic (exact) mass is 446 g/mol. The molecule has 1 atom stereocenters. The summed E-state index contributed by atoms with van der Waals surface area (Å²) in [5, 5.41) is 0. The molecular formula is C24H38N4O4. The first-order valence-corrected chi connectivity index (χ1v) is 11.5. The zero-order valence-electron chi connectivity index (χ0n) is 20.6. The van der Waals surface area contributed by atoms with Gasteiger partial charge in [-0.1, -0.05) is 27.7 Å². The van der Waals surface area contributed by atoms with E-state index in [1.54, 1.807) is 16.9 Å². The molecule has 2 saturated heterocycles. The van der Waals surface area contributed by atoms with Crippen LogP contribution in [0.1, 0.15) is 55.9 Å². The molecule has 1 aromatic heterocycles. The molecule has 0 saturated carbocycles. The Balaban J connectivity index is 1.87. The van der Waals surface area contributed by atoms with Gasteiger partial charge in [0.15, 0.2) is 0 Å². The molecule has 0 aliphatic carbocycles. The number of imide groups is 1. The molecule has 8 heteroatoms. The van der Waals surface area contributed by atoms with Gasteiger partial charge in [-0.05, 0) is 32.3 Å². The van der Waals surface area contributed by atoms with Gasteiger partial charge in [0, 0.05) is 56.7 Å². The molecule has 8 nitrogen and oxygen atoms in total. The summed E-state index contributed by atoms with van der Waals surface area (Å²) < 4.78 is 7.31. The van der Waals surface area contributed by atoms with Crippen LogP contribution in [0.15, 0.2) is 6.07 Å². The standard InChI is InChI=1S/C24H38N4O4/c1-16(2)12-27-22(30)20-13-25(14-24(5,6)15-28(20)23(27)31)21(29)19-11-17(3)26(18(19)4)9-8-10-32-7/h11,16,20H,8-10,12-15H2,1-7H3. The second-order valence-electron chi connectivity index (χ2n) is 10.4. The van der Waals surface area contributed by atoms with E-state index in [0.29, 0.717) is 31.8 Å². The number of ether oxygens (including phenoxy) is 1. The van der Waals surface area contributed by atoms with Gasteiger partial charge in [-0.25, -0.2) is 4.79 Å². The van der Waals surface area contributed by atoms with Crippen molar-refractivity contribution in [1.82, 2.24) is 19.3 Å². The normalized spacial score (nSPS) is 20.9. The number of amides is 4. The van der Waals surface area contributed by atoms with E-state index in [2.05, 4.69) is 4.57 Å². The summed E-state index contributed by atoms with van der Waals surface area (Å²) in [4.78, 5) is 44.6.